The molecule has 0 saturated carbocycles. The molecule has 0 atom stereocenters. The number of benzene rings is 2. The van der Waals surface area contributed by atoms with Gasteiger partial charge >= 0.3 is 0 Å². The van der Waals surface area contributed by atoms with Crippen LogP contribution in [0.4, 0.5) is 5.69 Å². The molecular formula is C23H24N2O3. The Hall–Kier alpha value is -3.34. The second-order valence-corrected chi connectivity index (χ2v) is 6.93. The molecule has 144 valence electrons. The molecule has 28 heavy (non-hydrogen) atoms. The SMILES string of the molecule is COc1ccc(C)cc1NC(=O)C(=O)c1cccn1Cc1ccc(C)c(C)c1. The van der Waals surface area contributed by atoms with E-state index in [0.29, 0.717) is 23.7 Å². The van der Waals surface area contributed by atoms with Crippen molar-refractivity contribution in [3.8, 4) is 5.75 Å². The highest BCUT2D eigenvalue weighted by molar-refractivity contribution is 6.46. The molecule has 0 saturated heterocycles. The van der Waals surface area contributed by atoms with Crippen LogP contribution in [-0.2, 0) is 11.3 Å². The summed E-state index contributed by atoms with van der Waals surface area (Å²) in [7, 11) is 1.52. The number of aryl methyl sites for hydroxylation is 3. The average molecular weight is 376 g/mol. The molecule has 3 rings (SSSR count). The predicted molar refractivity (Wildman–Crippen MR) is 110 cm³/mol. The van der Waals surface area contributed by atoms with E-state index in [0.717, 1.165) is 11.1 Å². The molecule has 1 N–H and O–H groups in total. The zero-order chi connectivity index (χ0) is 20.3. The highest BCUT2D eigenvalue weighted by atomic mass is 16.5. The molecule has 0 spiro atoms. The minimum absolute atomic E-state index is 0.349. The summed E-state index contributed by atoms with van der Waals surface area (Å²) >= 11 is 0. The summed E-state index contributed by atoms with van der Waals surface area (Å²) in [5, 5.41) is 2.67. The number of hydrogen-bond donors (Lipinski definition) is 1. The van der Waals surface area contributed by atoms with Crippen LogP contribution in [0.15, 0.2) is 54.7 Å². The first-order chi connectivity index (χ1) is 13.4. The monoisotopic (exact) mass is 376 g/mol. The van der Waals surface area contributed by atoms with Gasteiger partial charge in [-0.2, -0.15) is 0 Å². The fourth-order valence-corrected chi connectivity index (χ4v) is 3.07. The van der Waals surface area contributed by atoms with E-state index < -0.39 is 11.7 Å². The summed E-state index contributed by atoms with van der Waals surface area (Å²) < 4.78 is 7.06. The first-order valence-electron chi connectivity index (χ1n) is 9.10. The van der Waals surface area contributed by atoms with Gasteiger partial charge in [0.2, 0.25) is 0 Å². The van der Waals surface area contributed by atoms with Gasteiger partial charge < -0.3 is 14.6 Å². The van der Waals surface area contributed by atoms with E-state index in [-0.39, 0.29) is 0 Å². The van der Waals surface area contributed by atoms with Crippen LogP contribution in [0.1, 0.15) is 32.7 Å². The number of hydrogen-bond acceptors (Lipinski definition) is 3. The van der Waals surface area contributed by atoms with E-state index in [4.69, 9.17) is 4.74 Å². The molecule has 0 aliphatic rings. The average Bonchev–Trinajstić information content (AvgIpc) is 3.12. The van der Waals surface area contributed by atoms with Gasteiger partial charge in [0.1, 0.15) is 5.75 Å². The Balaban J connectivity index is 1.80. The number of carbonyl (C=O) groups excluding carboxylic acids is 2. The van der Waals surface area contributed by atoms with Crippen molar-refractivity contribution in [2.75, 3.05) is 12.4 Å². The topological polar surface area (TPSA) is 60.3 Å². The predicted octanol–water partition coefficient (Wildman–Crippen LogP) is 4.29. The molecule has 0 unspecified atom stereocenters. The number of nitrogens with one attached hydrogen (secondary N) is 1. The fourth-order valence-electron chi connectivity index (χ4n) is 3.07. The largest absolute Gasteiger partial charge is 0.495 e. The number of amides is 1. The van der Waals surface area contributed by atoms with Crippen molar-refractivity contribution in [2.24, 2.45) is 0 Å². The van der Waals surface area contributed by atoms with Crippen LogP contribution in [0, 0.1) is 20.8 Å². The second kappa shape index (κ2) is 8.13. The molecule has 5 heteroatoms. The second-order valence-electron chi connectivity index (χ2n) is 6.93. The molecule has 0 fully saturated rings. The summed E-state index contributed by atoms with van der Waals surface area (Å²) in [5.74, 6) is -0.765. The van der Waals surface area contributed by atoms with Crippen LogP contribution in [0.25, 0.3) is 0 Å². The quantitative estimate of drug-likeness (QED) is 0.516. The normalized spacial score (nSPS) is 10.6. The Kier molecular flexibility index (Phi) is 5.64. The third-order valence-electron chi connectivity index (χ3n) is 4.80. The van der Waals surface area contributed by atoms with Crippen molar-refractivity contribution in [1.29, 1.82) is 0 Å². The van der Waals surface area contributed by atoms with Crippen molar-refractivity contribution in [3.63, 3.8) is 0 Å². The van der Waals surface area contributed by atoms with E-state index in [1.165, 1.54) is 18.2 Å². The summed E-state index contributed by atoms with van der Waals surface area (Å²) in [4.78, 5) is 25.3. The molecule has 1 aromatic heterocycles. The van der Waals surface area contributed by atoms with Crippen LogP contribution in [0.5, 0.6) is 5.75 Å². The standard InChI is InChI=1S/C23H24N2O3/c1-15-7-10-21(28-4)19(12-15)24-23(27)22(26)20-6-5-11-25(20)14-18-9-8-16(2)17(3)13-18/h5-13H,14H2,1-4H3,(H,24,27). The number of Topliss-reactive ketones (excluding diaryl/α,β-unsaturated/α-hetero) is 1. The Morgan fingerprint density at radius 1 is 1.00 bits per heavy atom. The molecule has 3 aromatic rings. The van der Waals surface area contributed by atoms with E-state index in [9.17, 15) is 9.59 Å². The first kappa shape index (κ1) is 19.4. The van der Waals surface area contributed by atoms with Crippen LogP contribution in [0.2, 0.25) is 0 Å². The van der Waals surface area contributed by atoms with Gasteiger partial charge in [0.15, 0.2) is 0 Å². The number of carbonyl (C=O) groups is 2. The van der Waals surface area contributed by atoms with E-state index in [1.807, 2.05) is 25.3 Å². The van der Waals surface area contributed by atoms with Crippen molar-refractivity contribution in [2.45, 2.75) is 27.3 Å². The van der Waals surface area contributed by atoms with Crippen LogP contribution in [-0.4, -0.2) is 23.4 Å². The molecule has 1 heterocycles. The summed E-state index contributed by atoms with van der Waals surface area (Å²) in [5.41, 5.74) is 5.28. The first-order valence-corrected chi connectivity index (χ1v) is 9.10. The number of aromatic nitrogens is 1. The zero-order valence-electron chi connectivity index (χ0n) is 16.6. The fraction of sp³-hybridized carbons (Fsp3) is 0.217. The van der Waals surface area contributed by atoms with Gasteiger partial charge in [-0.15, -0.1) is 0 Å². The lowest BCUT2D eigenvalue weighted by Gasteiger charge is -2.12. The van der Waals surface area contributed by atoms with Crippen LogP contribution < -0.4 is 10.1 Å². The van der Waals surface area contributed by atoms with Crippen LogP contribution >= 0.6 is 0 Å². The maximum absolute atomic E-state index is 12.8. The molecule has 2 aromatic carbocycles. The number of rotatable bonds is 6. The van der Waals surface area contributed by atoms with Gasteiger partial charge in [-0.25, -0.2) is 0 Å². The van der Waals surface area contributed by atoms with Crippen LogP contribution in [0.3, 0.4) is 0 Å². The smallest absolute Gasteiger partial charge is 0.298 e. The highest BCUT2D eigenvalue weighted by Gasteiger charge is 2.21. The number of ketones is 1. The van der Waals surface area contributed by atoms with Crippen molar-refractivity contribution in [1.82, 2.24) is 4.57 Å². The molecule has 1 amide bonds. The Labute approximate surface area is 165 Å². The lowest BCUT2D eigenvalue weighted by Crippen LogP contribution is -2.25. The van der Waals surface area contributed by atoms with Crippen molar-refractivity contribution in [3.05, 3.63) is 82.7 Å². The molecule has 0 aliphatic carbocycles. The third kappa shape index (κ3) is 4.14. The van der Waals surface area contributed by atoms with Gasteiger partial charge in [-0.1, -0.05) is 24.3 Å². The van der Waals surface area contributed by atoms with E-state index in [2.05, 4.69) is 31.3 Å². The highest BCUT2D eigenvalue weighted by Crippen LogP contribution is 2.25. The summed E-state index contributed by atoms with van der Waals surface area (Å²) in [6.07, 6.45) is 1.81. The maximum Gasteiger partial charge on any atom is 0.298 e. The molecule has 5 nitrogen and oxygen atoms in total. The zero-order valence-corrected chi connectivity index (χ0v) is 16.6. The molecule has 0 bridgehead atoms. The van der Waals surface area contributed by atoms with E-state index >= 15 is 0 Å². The van der Waals surface area contributed by atoms with Gasteiger partial charge in [-0.05, 0) is 67.3 Å². The maximum atomic E-state index is 12.8. The minimum atomic E-state index is -0.691. The number of ether oxygens (including phenoxy) is 1. The van der Waals surface area contributed by atoms with Gasteiger partial charge in [-0.3, -0.25) is 9.59 Å². The van der Waals surface area contributed by atoms with E-state index in [1.54, 1.807) is 28.8 Å². The summed E-state index contributed by atoms with van der Waals surface area (Å²) in [6, 6.07) is 15.0. The van der Waals surface area contributed by atoms with Gasteiger partial charge in [0.05, 0.1) is 18.5 Å². The lowest BCUT2D eigenvalue weighted by molar-refractivity contribution is -0.112. The molecule has 0 radical (unpaired) electrons. The minimum Gasteiger partial charge on any atom is -0.495 e. The Morgan fingerprint density at radius 3 is 2.50 bits per heavy atom. The lowest BCUT2D eigenvalue weighted by atomic mass is 10.1. The molecule has 0 aliphatic heterocycles. The number of anilines is 1. The third-order valence-corrected chi connectivity index (χ3v) is 4.80. The molecular weight excluding hydrogens is 352 g/mol. The van der Waals surface area contributed by atoms with Gasteiger partial charge in [0.25, 0.3) is 11.7 Å². The Bertz CT molecular complexity index is 1030. The summed E-state index contributed by atoms with van der Waals surface area (Å²) in [6.45, 7) is 6.55. The van der Waals surface area contributed by atoms with Crippen molar-refractivity contribution < 1.29 is 14.3 Å². The van der Waals surface area contributed by atoms with Gasteiger partial charge in [0, 0.05) is 12.7 Å². The number of nitrogens with zero attached hydrogens (tertiary/aromatic N) is 1. The Morgan fingerprint density at radius 2 is 1.79 bits per heavy atom. The van der Waals surface area contributed by atoms with Crippen molar-refractivity contribution >= 4 is 17.4 Å². The number of methoxy groups -OCH3 is 1.